The number of amides is 1. The second-order valence-electron chi connectivity index (χ2n) is 9.83. The Hall–Kier alpha value is -1.95. The molecule has 1 aromatic carbocycles. The third-order valence-electron chi connectivity index (χ3n) is 6.25. The first-order valence-electron chi connectivity index (χ1n) is 11.4. The standard InChI is InChI=1S/C24H39N3O3/c1-18(20-8-7-12-27(17-20)23(28)30-24(2,3)4)25-15-19-11-13-26(16-19)21-9-6-10-22(14-21)29-5/h6,9-10,14,18-20,25H,7-8,11-13,15-17H2,1-5H3/t18-,19+,20-/m0/s1. The van der Waals surface area contributed by atoms with Crippen molar-refractivity contribution in [1.29, 1.82) is 0 Å². The van der Waals surface area contributed by atoms with E-state index >= 15 is 0 Å². The van der Waals surface area contributed by atoms with Gasteiger partial charge in [0, 0.05) is 44.0 Å². The minimum atomic E-state index is -0.439. The SMILES string of the molecule is COc1cccc(N2CC[C@H](CN[C@@H](C)[C@H]3CCCN(C(=O)OC(C)(C)C)C3)C2)c1. The molecule has 0 bridgehead atoms. The molecule has 3 atom stereocenters. The summed E-state index contributed by atoms with van der Waals surface area (Å²) in [5, 5.41) is 3.77. The molecule has 3 rings (SSSR count). The predicted octanol–water partition coefficient (Wildman–Crippen LogP) is 4.15. The van der Waals surface area contributed by atoms with Crippen LogP contribution < -0.4 is 15.0 Å². The molecular formula is C24H39N3O3. The van der Waals surface area contributed by atoms with E-state index in [0.717, 1.165) is 51.3 Å². The van der Waals surface area contributed by atoms with E-state index in [9.17, 15) is 4.79 Å². The molecular weight excluding hydrogens is 378 g/mol. The maximum absolute atomic E-state index is 12.4. The Morgan fingerprint density at radius 3 is 2.77 bits per heavy atom. The summed E-state index contributed by atoms with van der Waals surface area (Å²) < 4.78 is 10.9. The van der Waals surface area contributed by atoms with Gasteiger partial charge in [-0.2, -0.15) is 0 Å². The number of carbonyl (C=O) groups excluding carboxylic acids is 1. The fourth-order valence-electron chi connectivity index (χ4n) is 4.47. The normalized spacial score (nSPS) is 23.4. The average Bonchev–Trinajstić information content (AvgIpc) is 3.20. The smallest absolute Gasteiger partial charge is 0.410 e. The third kappa shape index (κ3) is 6.27. The molecule has 30 heavy (non-hydrogen) atoms. The molecule has 6 nitrogen and oxygen atoms in total. The highest BCUT2D eigenvalue weighted by Crippen LogP contribution is 2.27. The Kier molecular flexibility index (Phi) is 7.50. The van der Waals surface area contributed by atoms with Gasteiger partial charge in [-0.05, 0) is 77.5 Å². The van der Waals surface area contributed by atoms with Gasteiger partial charge in [0.25, 0.3) is 0 Å². The lowest BCUT2D eigenvalue weighted by atomic mass is 9.91. The van der Waals surface area contributed by atoms with Crippen LogP contribution in [0.3, 0.4) is 0 Å². The molecule has 6 heteroatoms. The monoisotopic (exact) mass is 417 g/mol. The molecule has 1 amide bonds. The van der Waals surface area contributed by atoms with Gasteiger partial charge in [-0.3, -0.25) is 0 Å². The second kappa shape index (κ2) is 9.90. The van der Waals surface area contributed by atoms with Crippen LogP contribution in [0.25, 0.3) is 0 Å². The summed E-state index contributed by atoms with van der Waals surface area (Å²) in [4.78, 5) is 16.8. The van der Waals surface area contributed by atoms with E-state index in [1.54, 1.807) is 7.11 Å². The van der Waals surface area contributed by atoms with Crippen molar-refractivity contribution in [3.8, 4) is 5.75 Å². The highest BCUT2D eigenvalue weighted by Gasteiger charge is 2.31. The van der Waals surface area contributed by atoms with Crippen LogP contribution in [0.2, 0.25) is 0 Å². The average molecular weight is 418 g/mol. The molecule has 0 radical (unpaired) electrons. The molecule has 0 spiro atoms. The van der Waals surface area contributed by atoms with Crippen LogP contribution in [0.1, 0.15) is 47.0 Å². The number of nitrogens with zero attached hydrogens (tertiary/aromatic N) is 2. The van der Waals surface area contributed by atoms with Crippen LogP contribution in [-0.4, -0.2) is 62.5 Å². The van der Waals surface area contributed by atoms with Crippen molar-refractivity contribution in [2.45, 2.75) is 58.6 Å². The molecule has 2 aliphatic heterocycles. The third-order valence-corrected chi connectivity index (χ3v) is 6.25. The highest BCUT2D eigenvalue weighted by molar-refractivity contribution is 5.68. The summed E-state index contributed by atoms with van der Waals surface area (Å²) in [6, 6.07) is 8.72. The first-order valence-corrected chi connectivity index (χ1v) is 11.4. The van der Waals surface area contributed by atoms with Gasteiger partial charge in [-0.25, -0.2) is 4.79 Å². The number of piperidine rings is 1. The van der Waals surface area contributed by atoms with Crippen molar-refractivity contribution in [3.63, 3.8) is 0 Å². The summed E-state index contributed by atoms with van der Waals surface area (Å²) in [6.45, 7) is 12.8. The minimum absolute atomic E-state index is 0.177. The van der Waals surface area contributed by atoms with Crippen molar-refractivity contribution in [2.75, 3.05) is 44.7 Å². The lowest BCUT2D eigenvalue weighted by molar-refractivity contribution is 0.0148. The Bertz CT molecular complexity index is 703. The van der Waals surface area contributed by atoms with Crippen LogP contribution in [0.4, 0.5) is 10.5 Å². The number of ether oxygens (including phenoxy) is 2. The molecule has 1 N–H and O–H groups in total. The van der Waals surface area contributed by atoms with Gasteiger partial charge >= 0.3 is 6.09 Å². The van der Waals surface area contributed by atoms with Crippen LogP contribution in [0.15, 0.2) is 24.3 Å². The van der Waals surface area contributed by atoms with Gasteiger partial charge in [0.2, 0.25) is 0 Å². The molecule has 1 aromatic rings. The fraction of sp³-hybridized carbons (Fsp3) is 0.708. The first kappa shape index (κ1) is 22.7. The zero-order valence-electron chi connectivity index (χ0n) is 19.3. The largest absolute Gasteiger partial charge is 0.497 e. The first-order chi connectivity index (χ1) is 14.2. The van der Waals surface area contributed by atoms with E-state index in [1.807, 2.05) is 31.7 Å². The topological polar surface area (TPSA) is 54.0 Å². The summed E-state index contributed by atoms with van der Waals surface area (Å²) >= 11 is 0. The van der Waals surface area contributed by atoms with Crippen molar-refractivity contribution >= 4 is 11.8 Å². The van der Waals surface area contributed by atoms with Gasteiger partial charge in [0.15, 0.2) is 0 Å². The molecule has 168 valence electrons. The molecule has 0 saturated carbocycles. The Labute approximate surface area is 181 Å². The zero-order valence-corrected chi connectivity index (χ0v) is 19.3. The molecule has 2 heterocycles. The van der Waals surface area contributed by atoms with Crippen molar-refractivity contribution in [3.05, 3.63) is 24.3 Å². The lowest BCUT2D eigenvalue weighted by Crippen LogP contribution is -2.48. The Balaban J connectivity index is 1.45. The molecule has 2 fully saturated rings. The predicted molar refractivity (Wildman–Crippen MR) is 121 cm³/mol. The number of anilines is 1. The summed E-state index contributed by atoms with van der Waals surface area (Å²) in [5.41, 5.74) is 0.801. The van der Waals surface area contributed by atoms with Gasteiger partial charge in [-0.15, -0.1) is 0 Å². The number of hydrogen-bond acceptors (Lipinski definition) is 5. The maximum atomic E-state index is 12.4. The van der Waals surface area contributed by atoms with Gasteiger partial charge in [-0.1, -0.05) is 6.07 Å². The van der Waals surface area contributed by atoms with Gasteiger partial charge < -0.3 is 24.6 Å². The van der Waals surface area contributed by atoms with Gasteiger partial charge in [0.05, 0.1) is 7.11 Å². The van der Waals surface area contributed by atoms with Crippen LogP contribution in [0, 0.1) is 11.8 Å². The molecule has 0 aromatic heterocycles. The van der Waals surface area contributed by atoms with E-state index < -0.39 is 5.60 Å². The summed E-state index contributed by atoms with van der Waals surface area (Å²) in [7, 11) is 1.71. The molecule has 2 saturated heterocycles. The quantitative estimate of drug-likeness (QED) is 0.754. The van der Waals surface area contributed by atoms with E-state index in [1.165, 1.54) is 12.1 Å². The fourth-order valence-corrected chi connectivity index (χ4v) is 4.47. The molecule has 0 unspecified atom stereocenters. The van der Waals surface area contributed by atoms with Crippen molar-refractivity contribution in [1.82, 2.24) is 10.2 Å². The summed E-state index contributed by atoms with van der Waals surface area (Å²) in [6.07, 6.45) is 3.23. The molecule has 2 aliphatic rings. The number of rotatable bonds is 6. The number of methoxy groups -OCH3 is 1. The Morgan fingerprint density at radius 2 is 2.03 bits per heavy atom. The number of likely N-dealkylation sites (tertiary alicyclic amines) is 1. The lowest BCUT2D eigenvalue weighted by Gasteiger charge is -2.37. The number of nitrogens with one attached hydrogen (secondary N) is 1. The number of hydrogen-bond donors (Lipinski definition) is 1. The van der Waals surface area contributed by atoms with E-state index in [4.69, 9.17) is 9.47 Å². The second-order valence-corrected chi connectivity index (χ2v) is 9.83. The molecule has 0 aliphatic carbocycles. The number of benzene rings is 1. The summed E-state index contributed by atoms with van der Waals surface area (Å²) in [5.74, 6) is 2.03. The maximum Gasteiger partial charge on any atom is 0.410 e. The van der Waals surface area contributed by atoms with Gasteiger partial charge in [0.1, 0.15) is 11.4 Å². The van der Waals surface area contributed by atoms with Crippen molar-refractivity contribution < 1.29 is 14.3 Å². The zero-order chi connectivity index (χ0) is 21.7. The Morgan fingerprint density at radius 1 is 1.23 bits per heavy atom. The van der Waals surface area contributed by atoms with Crippen LogP contribution in [-0.2, 0) is 4.74 Å². The van der Waals surface area contributed by atoms with E-state index in [0.29, 0.717) is 17.9 Å². The van der Waals surface area contributed by atoms with E-state index in [-0.39, 0.29) is 6.09 Å². The minimum Gasteiger partial charge on any atom is -0.497 e. The highest BCUT2D eigenvalue weighted by atomic mass is 16.6. The van der Waals surface area contributed by atoms with Crippen LogP contribution >= 0.6 is 0 Å². The van der Waals surface area contributed by atoms with Crippen molar-refractivity contribution in [2.24, 2.45) is 11.8 Å². The van der Waals surface area contributed by atoms with Crippen LogP contribution in [0.5, 0.6) is 5.75 Å². The van der Waals surface area contributed by atoms with E-state index in [2.05, 4.69) is 35.3 Å². The number of carbonyl (C=O) groups is 1.